The van der Waals surface area contributed by atoms with Gasteiger partial charge in [-0.25, -0.2) is 0 Å². The van der Waals surface area contributed by atoms with Gasteiger partial charge < -0.3 is 4.74 Å². The smallest absolute Gasteiger partial charge is 0.308 e. The van der Waals surface area contributed by atoms with E-state index in [1.807, 2.05) is 13.8 Å². The monoisotopic (exact) mass is 326 g/mol. The lowest BCUT2D eigenvalue weighted by atomic mass is 9.95. The van der Waals surface area contributed by atoms with Gasteiger partial charge in [-0.15, -0.1) is 0 Å². The van der Waals surface area contributed by atoms with Gasteiger partial charge in [-0.2, -0.15) is 0 Å². The summed E-state index contributed by atoms with van der Waals surface area (Å²) in [6.07, 6.45) is 14.6. The van der Waals surface area contributed by atoms with Crippen molar-refractivity contribution in [3.8, 4) is 0 Å². The van der Waals surface area contributed by atoms with E-state index in [1.54, 1.807) is 0 Å². The molecule has 0 amide bonds. The zero-order valence-electron chi connectivity index (χ0n) is 16.5. The van der Waals surface area contributed by atoms with Gasteiger partial charge in [-0.05, 0) is 18.3 Å². The molecule has 0 N–H and O–H groups in total. The molecule has 0 aromatic carbocycles. The van der Waals surface area contributed by atoms with Crippen LogP contribution in [0.3, 0.4) is 0 Å². The minimum Gasteiger partial charge on any atom is -0.465 e. The molecule has 0 heterocycles. The van der Waals surface area contributed by atoms with Crippen molar-refractivity contribution in [2.75, 3.05) is 6.61 Å². The predicted octanol–water partition coefficient (Wildman–Crippen LogP) is 6.77. The van der Waals surface area contributed by atoms with Crippen LogP contribution in [-0.2, 0) is 9.53 Å². The molecule has 0 aliphatic rings. The Balaban J connectivity index is 3.23. The summed E-state index contributed by atoms with van der Waals surface area (Å²) in [5.74, 6) is 1.70. The fourth-order valence-corrected chi connectivity index (χ4v) is 2.84. The van der Waals surface area contributed by atoms with Gasteiger partial charge in [-0.3, -0.25) is 4.79 Å². The van der Waals surface area contributed by atoms with E-state index in [9.17, 15) is 4.79 Å². The first-order valence-corrected chi connectivity index (χ1v) is 10.1. The molecule has 0 spiro atoms. The van der Waals surface area contributed by atoms with Gasteiger partial charge in [0.25, 0.3) is 0 Å². The van der Waals surface area contributed by atoms with Gasteiger partial charge in [0, 0.05) is 0 Å². The Hall–Kier alpha value is -0.530. The average molecular weight is 327 g/mol. The topological polar surface area (TPSA) is 26.3 Å². The molecule has 2 heteroatoms. The fraction of sp³-hybridized carbons (Fsp3) is 0.952. The van der Waals surface area contributed by atoms with E-state index in [0.717, 1.165) is 18.3 Å². The lowest BCUT2D eigenvalue weighted by molar-refractivity contribution is -0.147. The molecule has 23 heavy (non-hydrogen) atoms. The summed E-state index contributed by atoms with van der Waals surface area (Å²) < 4.78 is 5.18. The Morgan fingerprint density at radius 3 is 1.78 bits per heavy atom. The molecule has 0 unspecified atom stereocenters. The van der Waals surface area contributed by atoms with Crippen molar-refractivity contribution in [3.05, 3.63) is 0 Å². The second kappa shape index (κ2) is 15.0. The summed E-state index contributed by atoms with van der Waals surface area (Å²) in [4.78, 5) is 11.3. The van der Waals surface area contributed by atoms with E-state index in [0.29, 0.717) is 6.61 Å². The van der Waals surface area contributed by atoms with Crippen LogP contribution in [0.15, 0.2) is 0 Å². The normalized spacial score (nSPS) is 12.8. The van der Waals surface area contributed by atoms with Crippen LogP contribution in [0.25, 0.3) is 0 Å². The third kappa shape index (κ3) is 16.1. The summed E-state index contributed by atoms with van der Waals surface area (Å²) in [7, 11) is 0. The molecule has 0 radical (unpaired) electrons. The van der Waals surface area contributed by atoms with Crippen LogP contribution in [0, 0.1) is 17.8 Å². The van der Waals surface area contributed by atoms with E-state index >= 15 is 0 Å². The van der Waals surface area contributed by atoms with E-state index in [2.05, 4.69) is 20.8 Å². The Kier molecular flexibility index (Phi) is 14.7. The van der Waals surface area contributed by atoms with E-state index in [1.165, 1.54) is 64.2 Å². The summed E-state index contributed by atoms with van der Waals surface area (Å²) in [5.41, 5.74) is 0. The Morgan fingerprint density at radius 1 is 0.696 bits per heavy atom. The number of rotatable bonds is 15. The third-order valence-corrected chi connectivity index (χ3v) is 4.54. The second-order valence-electron chi connectivity index (χ2n) is 8.02. The van der Waals surface area contributed by atoms with Gasteiger partial charge in [0.1, 0.15) is 0 Å². The van der Waals surface area contributed by atoms with Crippen LogP contribution in [-0.4, -0.2) is 12.6 Å². The molecule has 0 aliphatic carbocycles. The van der Waals surface area contributed by atoms with Crippen LogP contribution in [0.4, 0.5) is 0 Å². The second-order valence-corrected chi connectivity index (χ2v) is 8.02. The standard InChI is InChI=1S/C21H42O2/c1-18(2)14-13-16-20(5)15-11-9-7-6-8-10-12-17-23-21(22)19(3)4/h18-20H,6-17H2,1-5H3/t20-/m0/s1. The minimum absolute atomic E-state index is 0.00256. The van der Waals surface area contributed by atoms with Crippen LogP contribution in [0.2, 0.25) is 0 Å². The van der Waals surface area contributed by atoms with Gasteiger partial charge in [0.05, 0.1) is 12.5 Å². The predicted molar refractivity (Wildman–Crippen MR) is 101 cm³/mol. The van der Waals surface area contributed by atoms with Crippen molar-refractivity contribution in [2.45, 2.75) is 105 Å². The van der Waals surface area contributed by atoms with Crippen molar-refractivity contribution < 1.29 is 9.53 Å². The molecule has 2 nitrogen and oxygen atoms in total. The zero-order valence-corrected chi connectivity index (χ0v) is 16.5. The average Bonchev–Trinajstić information content (AvgIpc) is 2.48. The van der Waals surface area contributed by atoms with Crippen LogP contribution < -0.4 is 0 Å². The molecular weight excluding hydrogens is 284 g/mol. The number of ether oxygens (including phenoxy) is 1. The van der Waals surface area contributed by atoms with E-state index in [-0.39, 0.29) is 11.9 Å². The molecule has 0 aliphatic heterocycles. The summed E-state index contributed by atoms with van der Waals surface area (Å²) in [6.45, 7) is 11.4. The Morgan fingerprint density at radius 2 is 1.22 bits per heavy atom. The van der Waals surface area contributed by atoms with Crippen molar-refractivity contribution in [2.24, 2.45) is 17.8 Å². The molecule has 138 valence electrons. The van der Waals surface area contributed by atoms with Gasteiger partial charge in [0.15, 0.2) is 0 Å². The highest BCUT2D eigenvalue weighted by atomic mass is 16.5. The first kappa shape index (κ1) is 22.5. The lowest BCUT2D eigenvalue weighted by Crippen LogP contribution is -2.12. The summed E-state index contributed by atoms with van der Waals surface area (Å²) in [5, 5.41) is 0. The zero-order chi connectivity index (χ0) is 17.5. The number of hydrogen-bond donors (Lipinski definition) is 0. The lowest BCUT2D eigenvalue weighted by Gasteiger charge is -2.12. The van der Waals surface area contributed by atoms with Crippen molar-refractivity contribution in [3.63, 3.8) is 0 Å². The number of hydrogen-bond acceptors (Lipinski definition) is 2. The number of unbranched alkanes of at least 4 members (excludes halogenated alkanes) is 6. The number of carbonyl (C=O) groups is 1. The van der Waals surface area contributed by atoms with E-state index in [4.69, 9.17) is 4.74 Å². The largest absolute Gasteiger partial charge is 0.465 e. The first-order valence-electron chi connectivity index (χ1n) is 10.1. The molecule has 0 saturated heterocycles. The molecule has 1 atom stereocenters. The molecule has 0 aromatic heterocycles. The maximum absolute atomic E-state index is 11.3. The Labute approximate surface area is 145 Å². The van der Waals surface area contributed by atoms with Gasteiger partial charge in [-0.1, -0.05) is 98.8 Å². The third-order valence-electron chi connectivity index (χ3n) is 4.54. The maximum atomic E-state index is 11.3. The quantitative estimate of drug-likeness (QED) is 0.245. The van der Waals surface area contributed by atoms with Crippen molar-refractivity contribution in [1.82, 2.24) is 0 Å². The molecule has 0 saturated carbocycles. The number of esters is 1. The highest BCUT2D eigenvalue weighted by molar-refractivity contribution is 5.71. The SMILES string of the molecule is CC(C)CCC[C@@H](C)CCCCCCCCCOC(=O)C(C)C. The maximum Gasteiger partial charge on any atom is 0.308 e. The van der Waals surface area contributed by atoms with Crippen molar-refractivity contribution in [1.29, 1.82) is 0 Å². The summed E-state index contributed by atoms with van der Waals surface area (Å²) in [6, 6.07) is 0. The molecule has 0 rings (SSSR count). The van der Waals surface area contributed by atoms with Crippen LogP contribution >= 0.6 is 0 Å². The number of carbonyl (C=O) groups excluding carboxylic acids is 1. The fourth-order valence-electron chi connectivity index (χ4n) is 2.84. The van der Waals surface area contributed by atoms with Gasteiger partial charge in [0.2, 0.25) is 0 Å². The Bertz CT molecular complexity index is 271. The molecule has 0 fully saturated rings. The van der Waals surface area contributed by atoms with E-state index < -0.39 is 0 Å². The summed E-state index contributed by atoms with van der Waals surface area (Å²) >= 11 is 0. The minimum atomic E-state index is -0.0625. The molecule has 0 bridgehead atoms. The highest BCUT2D eigenvalue weighted by Crippen LogP contribution is 2.18. The highest BCUT2D eigenvalue weighted by Gasteiger charge is 2.07. The van der Waals surface area contributed by atoms with Crippen LogP contribution in [0.1, 0.15) is 105 Å². The van der Waals surface area contributed by atoms with Crippen molar-refractivity contribution >= 4 is 5.97 Å². The van der Waals surface area contributed by atoms with Gasteiger partial charge >= 0.3 is 5.97 Å². The molecular formula is C21H42O2. The van der Waals surface area contributed by atoms with Crippen LogP contribution in [0.5, 0.6) is 0 Å². The first-order chi connectivity index (χ1) is 10.9. The molecule has 0 aromatic rings.